The zero-order valence-electron chi connectivity index (χ0n) is 16.0. The number of piperazine rings is 1. The number of nitrogens with zero attached hydrogens (tertiary/aromatic N) is 4. The molecule has 0 saturated carbocycles. The number of piperidine rings is 2. The van der Waals surface area contributed by atoms with Gasteiger partial charge in [0.2, 0.25) is 11.8 Å². The van der Waals surface area contributed by atoms with Crippen molar-refractivity contribution < 1.29 is 9.59 Å². The highest BCUT2D eigenvalue weighted by molar-refractivity contribution is 6.27. The smallest absolute Gasteiger partial charge is 0.237 e. The van der Waals surface area contributed by atoms with Gasteiger partial charge in [0.1, 0.15) is 5.88 Å². The molecule has 6 nitrogen and oxygen atoms in total. The lowest BCUT2D eigenvalue weighted by Crippen LogP contribution is -2.53. The topological polar surface area (TPSA) is 47.1 Å². The Bertz CT molecular complexity index is 480. The van der Waals surface area contributed by atoms with Crippen molar-refractivity contribution in [2.75, 3.05) is 64.8 Å². The molecule has 0 aromatic carbocycles. The number of alkyl halides is 1. The van der Waals surface area contributed by atoms with Crippen molar-refractivity contribution in [2.24, 2.45) is 5.92 Å². The molecule has 0 unspecified atom stereocenters. The lowest BCUT2D eigenvalue weighted by molar-refractivity contribution is -0.139. The van der Waals surface area contributed by atoms with Crippen molar-refractivity contribution in [2.45, 2.75) is 38.6 Å². The summed E-state index contributed by atoms with van der Waals surface area (Å²) in [6, 6.07) is 0.554. The molecule has 3 heterocycles. The first-order valence-corrected chi connectivity index (χ1v) is 10.7. The Morgan fingerprint density at radius 1 is 0.846 bits per heavy atom. The van der Waals surface area contributed by atoms with Crippen LogP contribution in [0.3, 0.4) is 0 Å². The Labute approximate surface area is 162 Å². The van der Waals surface area contributed by atoms with Crippen LogP contribution in [-0.4, -0.2) is 102 Å². The van der Waals surface area contributed by atoms with Gasteiger partial charge in [-0.05, 0) is 45.3 Å². The van der Waals surface area contributed by atoms with Gasteiger partial charge in [0.25, 0.3) is 0 Å². The van der Waals surface area contributed by atoms with E-state index in [4.69, 9.17) is 11.6 Å². The highest BCUT2D eigenvalue weighted by Crippen LogP contribution is 2.25. The molecule has 148 valence electrons. The standard InChI is InChI=1S/C19H33ClN4O2/c1-2-21-11-13-24(14-12-21)19(26)16-3-7-22(8-4-16)17-5-9-23(10-6-17)18(25)15-20/h16-17H,2-15H2,1H3. The van der Waals surface area contributed by atoms with E-state index in [0.29, 0.717) is 11.9 Å². The predicted octanol–water partition coefficient (Wildman–Crippen LogP) is 1.09. The summed E-state index contributed by atoms with van der Waals surface area (Å²) >= 11 is 5.66. The predicted molar refractivity (Wildman–Crippen MR) is 103 cm³/mol. The van der Waals surface area contributed by atoms with Crippen LogP contribution in [0, 0.1) is 5.92 Å². The van der Waals surface area contributed by atoms with Crippen molar-refractivity contribution in [3.05, 3.63) is 0 Å². The summed E-state index contributed by atoms with van der Waals surface area (Å²) in [5, 5.41) is 0. The maximum Gasteiger partial charge on any atom is 0.237 e. The molecule has 3 rings (SSSR count). The minimum absolute atomic E-state index is 0.0533. The summed E-state index contributed by atoms with van der Waals surface area (Å²) in [5.41, 5.74) is 0. The fraction of sp³-hybridized carbons (Fsp3) is 0.895. The zero-order valence-corrected chi connectivity index (χ0v) is 16.8. The summed E-state index contributed by atoms with van der Waals surface area (Å²) in [7, 11) is 0. The number of carbonyl (C=O) groups excluding carboxylic acids is 2. The second-order valence-electron chi connectivity index (χ2n) is 7.82. The van der Waals surface area contributed by atoms with E-state index >= 15 is 0 Å². The molecule has 0 bridgehead atoms. The fourth-order valence-corrected chi connectivity index (χ4v) is 4.79. The number of hydrogen-bond donors (Lipinski definition) is 0. The Morgan fingerprint density at radius 2 is 1.46 bits per heavy atom. The van der Waals surface area contributed by atoms with Gasteiger partial charge >= 0.3 is 0 Å². The van der Waals surface area contributed by atoms with E-state index in [0.717, 1.165) is 84.6 Å². The molecule has 0 N–H and O–H groups in total. The van der Waals surface area contributed by atoms with E-state index in [1.807, 2.05) is 4.90 Å². The zero-order chi connectivity index (χ0) is 18.5. The number of likely N-dealkylation sites (N-methyl/N-ethyl adjacent to an activating group) is 1. The molecule has 0 radical (unpaired) electrons. The molecule has 0 atom stereocenters. The second kappa shape index (κ2) is 9.38. The lowest BCUT2D eigenvalue weighted by atomic mass is 9.92. The van der Waals surface area contributed by atoms with Gasteiger partial charge < -0.3 is 19.6 Å². The minimum atomic E-state index is 0.0533. The molecule has 0 spiro atoms. The molecule has 3 fully saturated rings. The van der Waals surface area contributed by atoms with Gasteiger partial charge in [-0.1, -0.05) is 6.92 Å². The quantitative estimate of drug-likeness (QED) is 0.681. The Balaban J connectivity index is 1.40. The average Bonchev–Trinajstić information content (AvgIpc) is 2.73. The molecule has 3 aliphatic heterocycles. The van der Waals surface area contributed by atoms with E-state index in [1.165, 1.54) is 0 Å². The Hall–Kier alpha value is -0.850. The number of rotatable bonds is 4. The normalized spacial score (nSPS) is 24.8. The van der Waals surface area contributed by atoms with Crippen molar-refractivity contribution in [1.29, 1.82) is 0 Å². The average molecular weight is 385 g/mol. The molecule has 0 aromatic rings. The number of amides is 2. The van der Waals surface area contributed by atoms with E-state index in [2.05, 4.69) is 21.6 Å². The van der Waals surface area contributed by atoms with Gasteiger partial charge in [0, 0.05) is 51.2 Å². The van der Waals surface area contributed by atoms with Crippen LogP contribution in [0.25, 0.3) is 0 Å². The SMILES string of the molecule is CCN1CCN(C(=O)C2CCN(C3CCN(C(=O)CCl)CC3)CC2)CC1. The maximum atomic E-state index is 12.8. The highest BCUT2D eigenvalue weighted by atomic mass is 35.5. The number of likely N-dealkylation sites (tertiary alicyclic amines) is 2. The molecule has 3 aliphatic rings. The fourth-order valence-electron chi connectivity index (χ4n) is 4.62. The van der Waals surface area contributed by atoms with Gasteiger partial charge in [-0.2, -0.15) is 0 Å². The van der Waals surface area contributed by atoms with Crippen LogP contribution < -0.4 is 0 Å². The lowest BCUT2D eigenvalue weighted by Gasteiger charge is -2.42. The van der Waals surface area contributed by atoms with Crippen LogP contribution in [0.1, 0.15) is 32.6 Å². The molecule has 0 aromatic heterocycles. The van der Waals surface area contributed by atoms with Gasteiger partial charge in [-0.15, -0.1) is 11.6 Å². The maximum absolute atomic E-state index is 12.8. The van der Waals surface area contributed by atoms with Crippen LogP contribution >= 0.6 is 11.6 Å². The van der Waals surface area contributed by atoms with E-state index in [-0.39, 0.29) is 17.7 Å². The van der Waals surface area contributed by atoms with Crippen LogP contribution in [-0.2, 0) is 9.59 Å². The minimum Gasteiger partial charge on any atom is -0.342 e. The Morgan fingerprint density at radius 3 is 2.00 bits per heavy atom. The van der Waals surface area contributed by atoms with Gasteiger partial charge in [0.05, 0.1) is 0 Å². The number of carbonyl (C=O) groups is 2. The third kappa shape index (κ3) is 4.70. The molecule has 3 saturated heterocycles. The first-order chi connectivity index (χ1) is 12.6. The van der Waals surface area contributed by atoms with Crippen LogP contribution in [0.4, 0.5) is 0 Å². The highest BCUT2D eigenvalue weighted by Gasteiger charge is 2.33. The summed E-state index contributed by atoms with van der Waals surface area (Å²) in [5.74, 6) is 0.725. The molecule has 2 amide bonds. The third-order valence-electron chi connectivity index (χ3n) is 6.46. The molecular weight excluding hydrogens is 352 g/mol. The first-order valence-electron chi connectivity index (χ1n) is 10.2. The second-order valence-corrected chi connectivity index (χ2v) is 8.08. The number of hydrogen-bond acceptors (Lipinski definition) is 4. The number of halogens is 1. The van der Waals surface area contributed by atoms with Crippen molar-refractivity contribution >= 4 is 23.4 Å². The van der Waals surface area contributed by atoms with E-state index < -0.39 is 0 Å². The van der Waals surface area contributed by atoms with Crippen LogP contribution in [0.15, 0.2) is 0 Å². The monoisotopic (exact) mass is 384 g/mol. The van der Waals surface area contributed by atoms with Crippen LogP contribution in [0.5, 0.6) is 0 Å². The van der Waals surface area contributed by atoms with Gasteiger partial charge in [-0.3, -0.25) is 9.59 Å². The largest absolute Gasteiger partial charge is 0.342 e. The van der Waals surface area contributed by atoms with Gasteiger partial charge in [-0.25, -0.2) is 0 Å². The third-order valence-corrected chi connectivity index (χ3v) is 6.69. The molecule has 7 heteroatoms. The van der Waals surface area contributed by atoms with E-state index in [9.17, 15) is 9.59 Å². The van der Waals surface area contributed by atoms with Crippen molar-refractivity contribution in [1.82, 2.24) is 19.6 Å². The summed E-state index contributed by atoms with van der Waals surface area (Å²) in [6.45, 7) is 10.7. The van der Waals surface area contributed by atoms with Gasteiger partial charge in [0.15, 0.2) is 0 Å². The van der Waals surface area contributed by atoms with Crippen molar-refractivity contribution in [3.8, 4) is 0 Å². The summed E-state index contributed by atoms with van der Waals surface area (Å²) < 4.78 is 0. The van der Waals surface area contributed by atoms with Crippen LogP contribution in [0.2, 0.25) is 0 Å². The first kappa shape index (κ1) is 19.9. The van der Waals surface area contributed by atoms with E-state index in [1.54, 1.807) is 0 Å². The summed E-state index contributed by atoms with van der Waals surface area (Å²) in [4.78, 5) is 33.4. The summed E-state index contributed by atoms with van der Waals surface area (Å²) in [6.07, 6.45) is 4.02. The molecular formula is C19H33ClN4O2. The Kier molecular flexibility index (Phi) is 7.18. The molecule has 0 aliphatic carbocycles. The molecule has 26 heavy (non-hydrogen) atoms. The van der Waals surface area contributed by atoms with Crippen molar-refractivity contribution in [3.63, 3.8) is 0 Å².